The van der Waals surface area contributed by atoms with Gasteiger partial charge in [-0.1, -0.05) is 36.2 Å². The number of amides is 1. The molecular formula is C28H36Cl2FN9O4S. The van der Waals surface area contributed by atoms with Crippen molar-refractivity contribution in [1.29, 1.82) is 0 Å². The van der Waals surface area contributed by atoms with Crippen molar-refractivity contribution in [1.82, 2.24) is 19.5 Å². The van der Waals surface area contributed by atoms with Gasteiger partial charge in [-0.3, -0.25) is 14.6 Å². The largest absolute Gasteiger partial charge is 0.394 e. The lowest BCUT2D eigenvalue weighted by Crippen LogP contribution is -2.58. The summed E-state index contributed by atoms with van der Waals surface area (Å²) in [5.74, 6) is -1.04. The van der Waals surface area contributed by atoms with E-state index in [0.717, 1.165) is 52.0 Å². The number of aromatic nitrogens is 1. The molecule has 13 nitrogen and oxygen atoms in total. The second-order valence-electron chi connectivity index (χ2n) is 11.2. The number of anilines is 2. The summed E-state index contributed by atoms with van der Waals surface area (Å²) >= 11 is 12.6. The minimum absolute atomic E-state index is 0.190. The van der Waals surface area contributed by atoms with Crippen LogP contribution in [0.4, 0.5) is 15.9 Å². The van der Waals surface area contributed by atoms with Gasteiger partial charge in [0.2, 0.25) is 5.91 Å². The van der Waals surface area contributed by atoms with Gasteiger partial charge in [-0.05, 0) is 50.6 Å². The number of likely N-dealkylation sites (tertiary alicyclic amines) is 1. The van der Waals surface area contributed by atoms with Gasteiger partial charge in [0.1, 0.15) is 11.6 Å². The van der Waals surface area contributed by atoms with Gasteiger partial charge in [0.25, 0.3) is 0 Å². The second-order valence-corrected chi connectivity index (χ2v) is 13.4. The summed E-state index contributed by atoms with van der Waals surface area (Å²) in [5, 5.41) is 12.9. The molecule has 2 atom stereocenters. The van der Waals surface area contributed by atoms with E-state index < -0.39 is 28.8 Å². The van der Waals surface area contributed by atoms with Crippen LogP contribution in [0.1, 0.15) is 31.7 Å². The number of hydrogen-bond donors (Lipinski definition) is 4. The summed E-state index contributed by atoms with van der Waals surface area (Å²) < 4.78 is 44.1. The van der Waals surface area contributed by atoms with Crippen molar-refractivity contribution >= 4 is 62.5 Å². The summed E-state index contributed by atoms with van der Waals surface area (Å²) in [6.45, 7) is 6.14. The van der Waals surface area contributed by atoms with E-state index in [-0.39, 0.29) is 17.5 Å². The number of piperidine rings is 1. The number of halogens is 3. The minimum Gasteiger partial charge on any atom is -0.394 e. The molecule has 1 amide bonds. The minimum atomic E-state index is -4.10. The van der Waals surface area contributed by atoms with E-state index in [2.05, 4.69) is 46.0 Å². The van der Waals surface area contributed by atoms with Gasteiger partial charge in [-0.2, -0.15) is 8.42 Å². The van der Waals surface area contributed by atoms with Crippen LogP contribution in [0.25, 0.3) is 0 Å². The Morgan fingerprint density at radius 2 is 2.00 bits per heavy atom. The number of pyridine rings is 1. The first-order valence-corrected chi connectivity index (χ1v) is 16.9. The Morgan fingerprint density at radius 3 is 2.64 bits per heavy atom. The standard InChI is InChI=1S/C28H36Cl2FN9O4S/c1-2-20-15-39(9-10-40(20)21-5-7-38(8-6-21)14-17-3-4-18(29)11-23(17)31)28-22(30)12-19(13-33-28)34-26-27(37-45(43,44)36-26)35-24(16-41)25(32)42/h3-4,11-13,20-21,24,41H,2,5-10,14-16H2,1H3,(H2,32,42)(H,34,36)(H,35,37)/t20-,24?/m0/s1. The summed E-state index contributed by atoms with van der Waals surface area (Å²) in [5.41, 5.74) is 6.23. The fourth-order valence-electron chi connectivity index (χ4n) is 5.95. The maximum Gasteiger partial charge on any atom is 0.345 e. The van der Waals surface area contributed by atoms with Gasteiger partial charge >= 0.3 is 10.2 Å². The number of rotatable bonds is 9. The molecule has 0 spiro atoms. The number of aliphatic hydroxyl groups excluding tert-OH is 1. The van der Waals surface area contributed by atoms with Crippen molar-refractivity contribution in [3.63, 3.8) is 0 Å². The number of carbonyl (C=O) groups is 1. The number of benzene rings is 1. The molecule has 5 rings (SSSR count). The smallest absolute Gasteiger partial charge is 0.345 e. The van der Waals surface area contributed by atoms with Crippen molar-refractivity contribution in [2.45, 2.75) is 50.9 Å². The molecule has 5 N–H and O–H groups in total. The number of primary amides is 1. The highest BCUT2D eigenvalue weighted by Crippen LogP contribution is 2.31. The Balaban J connectivity index is 1.20. The van der Waals surface area contributed by atoms with Gasteiger partial charge < -0.3 is 21.1 Å². The molecule has 0 radical (unpaired) electrons. The van der Waals surface area contributed by atoms with Crippen LogP contribution < -0.4 is 20.7 Å². The Labute approximate surface area is 271 Å². The molecule has 0 bridgehead atoms. The number of carbonyl (C=O) groups excluding carboxylic acids is 1. The number of aliphatic hydroxyl groups is 1. The quantitative estimate of drug-likeness (QED) is 0.309. The molecule has 2 aromatic rings. The Morgan fingerprint density at radius 1 is 1.24 bits per heavy atom. The van der Waals surface area contributed by atoms with E-state index in [9.17, 15) is 22.7 Å². The molecule has 0 saturated carbocycles. The van der Waals surface area contributed by atoms with Crippen molar-refractivity contribution in [2.24, 2.45) is 15.1 Å². The van der Waals surface area contributed by atoms with E-state index in [1.165, 1.54) is 12.3 Å². The predicted octanol–water partition coefficient (Wildman–Crippen LogP) is 2.00. The summed E-state index contributed by atoms with van der Waals surface area (Å²) in [6.07, 6.45) is 4.47. The van der Waals surface area contributed by atoms with Crippen LogP contribution in [-0.4, -0.2) is 103 Å². The van der Waals surface area contributed by atoms with Crippen molar-refractivity contribution in [2.75, 3.05) is 49.5 Å². The lowest BCUT2D eigenvalue weighted by Gasteiger charge is -2.47. The van der Waals surface area contributed by atoms with Crippen molar-refractivity contribution < 1.29 is 22.7 Å². The average Bonchev–Trinajstić information content (AvgIpc) is 3.29. The fourth-order valence-corrected chi connectivity index (χ4v) is 7.21. The highest BCUT2D eigenvalue weighted by Gasteiger charge is 2.34. The highest BCUT2D eigenvalue weighted by molar-refractivity contribution is 7.89. The second kappa shape index (κ2) is 14.1. The lowest BCUT2D eigenvalue weighted by atomic mass is 9.97. The Kier molecular flexibility index (Phi) is 10.5. The number of aliphatic imine (C=N–C) groups is 1. The topological polar surface area (TPSA) is 169 Å². The zero-order valence-corrected chi connectivity index (χ0v) is 27.0. The number of nitrogens with zero attached hydrogens (tertiary/aromatic N) is 6. The molecule has 1 aromatic carbocycles. The number of piperazine rings is 1. The highest BCUT2D eigenvalue weighted by atomic mass is 35.5. The fraction of sp³-hybridized carbons (Fsp3) is 0.500. The maximum absolute atomic E-state index is 14.3. The van der Waals surface area contributed by atoms with Gasteiger partial charge in [0, 0.05) is 48.8 Å². The molecule has 17 heteroatoms. The van der Waals surface area contributed by atoms with Crippen molar-refractivity contribution in [3.8, 4) is 0 Å². The summed E-state index contributed by atoms with van der Waals surface area (Å²) in [4.78, 5) is 27.0. The normalized spacial score (nSPS) is 22.7. The molecule has 2 saturated heterocycles. The van der Waals surface area contributed by atoms with Crippen LogP contribution in [0, 0.1) is 5.82 Å². The van der Waals surface area contributed by atoms with Crippen molar-refractivity contribution in [3.05, 3.63) is 51.9 Å². The molecule has 45 heavy (non-hydrogen) atoms. The summed E-state index contributed by atoms with van der Waals surface area (Å²) in [7, 11) is -4.10. The van der Waals surface area contributed by atoms with E-state index in [1.807, 2.05) is 0 Å². The van der Waals surface area contributed by atoms with Crippen LogP contribution in [0.15, 0.2) is 39.9 Å². The van der Waals surface area contributed by atoms with Gasteiger partial charge in [0.05, 0.1) is 23.5 Å². The average molecular weight is 685 g/mol. The molecule has 0 aliphatic carbocycles. The zero-order chi connectivity index (χ0) is 32.3. The van der Waals surface area contributed by atoms with E-state index in [4.69, 9.17) is 28.9 Å². The first kappa shape index (κ1) is 33.3. The molecular weight excluding hydrogens is 648 g/mol. The predicted molar refractivity (Wildman–Crippen MR) is 173 cm³/mol. The first-order chi connectivity index (χ1) is 21.5. The van der Waals surface area contributed by atoms with Crippen LogP contribution in [0.5, 0.6) is 0 Å². The third-order valence-electron chi connectivity index (χ3n) is 8.27. The SMILES string of the molecule is CC[C@H]1CN(c2ncc(NC3=NS(=O)(=O)NC3=NC(CO)C(N)=O)cc2Cl)CCN1C1CCN(Cc2ccc(Cl)cc2F)CC1. The van der Waals surface area contributed by atoms with Crippen LogP contribution >= 0.6 is 23.2 Å². The lowest BCUT2D eigenvalue weighted by molar-refractivity contribution is -0.119. The monoisotopic (exact) mass is 683 g/mol. The Bertz CT molecular complexity index is 1590. The molecule has 1 unspecified atom stereocenters. The molecule has 3 aliphatic rings. The van der Waals surface area contributed by atoms with Crippen LogP contribution in [0.3, 0.4) is 0 Å². The molecule has 244 valence electrons. The number of amidine groups is 2. The molecule has 2 fully saturated rings. The zero-order valence-electron chi connectivity index (χ0n) is 24.7. The Hall–Kier alpha value is -3.08. The number of nitrogens with two attached hydrogens (primary N) is 1. The maximum atomic E-state index is 14.3. The number of nitrogens with one attached hydrogen (secondary N) is 2. The van der Waals surface area contributed by atoms with E-state index >= 15 is 0 Å². The van der Waals surface area contributed by atoms with Gasteiger partial charge in [-0.25, -0.2) is 19.1 Å². The van der Waals surface area contributed by atoms with E-state index in [1.54, 1.807) is 18.2 Å². The number of hydrogen-bond acceptors (Lipinski definition) is 10. The van der Waals surface area contributed by atoms with Gasteiger partial charge in [0.15, 0.2) is 17.7 Å². The molecule has 1 aromatic heterocycles. The van der Waals surface area contributed by atoms with Crippen LogP contribution in [0.2, 0.25) is 10.0 Å². The van der Waals surface area contributed by atoms with Gasteiger partial charge in [-0.15, -0.1) is 4.40 Å². The molecule has 3 aliphatic heterocycles. The summed E-state index contributed by atoms with van der Waals surface area (Å²) in [6, 6.07) is 5.84. The third kappa shape index (κ3) is 8.02. The third-order valence-corrected chi connectivity index (χ3v) is 9.65. The molecule has 4 heterocycles. The van der Waals surface area contributed by atoms with Crippen LogP contribution in [-0.2, 0) is 21.5 Å². The first-order valence-electron chi connectivity index (χ1n) is 14.7. The van der Waals surface area contributed by atoms with E-state index in [0.29, 0.717) is 45.7 Å².